The van der Waals surface area contributed by atoms with Gasteiger partial charge in [0.05, 0.1) is 5.69 Å². The van der Waals surface area contributed by atoms with Crippen LogP contribution in [0.3, 0.4) is 0 Å². The van der Waals surface area contributed by atoms with Gasteiger partial charge in [-0.05, 0) is 58.5 Å². The molecule has 0 radical (unpaired) electrons. The van der Waals surface area contributed by atoms with Crippen LogP contribution in [0.2, 0.25) is 0 Å². The molecule has 10 rings (SSSR count). The number of hydrogen-bond donors (Lipinski definition) is 1. The molecule has 1 unspecified atom stereocenters. The Balaban J connectivity index is 1.10. The highest BCUT2D eigenvalue weighted by Crippen LogP contribution is 2.43. The van der Waals surface area contributed by atoms with Crippen LogP contribution in [0.15, 0.2) is 204 Å². The maximum absolute atomic E-state index is 5.31. The maximum Gasteiger partial charge on any atom is 0.160 e. The molecule has 2 heterocycles. The first-order valence-electron chi connectivity index (χ1n) is 18.2. The number of fused-ring (bicyclic) bond motifs is 4. The minimum absolute atomic E-state index is 0.301. The van der Waals surface area contributed by atoms with Crippen LogP contribution in [0.1, 0.15) is 22.9 Å². The predicted octanol–water partition coefficient (Wildman–Crippen LogP) is 12.8. The van der Waals surface area contributed by atoms with Crippen LogP contribution in [0, 0.1) is 0 Å². The Bertz CT molecular complexity index is 2840. The van der Waals surface area contributed by atoms with Gasteiger partial charge in [-0.15, -0.1) is 11.3 Å². The lowest BCUT2D eigenvalue weighted by molar-refractivity contribution is 0.674. The van der Waals surface area contributed by atoms with Crippen molar-refractivity contribution < 1.29 is 0 Å². The fourth-order valence-corrected chi connectivity index (χ4v) is 8.68. The third-order valence-corrected chi connectivity index (χ3v) is 11.2. The summed E-state index contributed by atoms with van der Waals surface area (Å²) < 4.78 is 2.42. The van der Waals surface area contributed by atoms with E-state index in [1.54, 1.807) is 0 Å². The van der Waals surface area contributed by atoms with E-state index in [0.717, 1.165) is 45.4 Å². The Morgan fingerprint density at radius 2 is 1.17 bits per heavy atom. The van der Waals surface area contributed by atoms with Crippen molar-refractivity contribution in [2.45, 2.75) is 6.17 Å². The standard InChI is InChI=1S/C49H34N4S/c1-4-14-33(15-5-1)34-26-28-37(29-27-34)48-50-47(36-17-6-2-7-18-36)51-49(52-48)42-23-13-25-44-46(42)41-31-30-39(32-45(41)54-44)53(38-20-8-3-9-21-38)43-24-12-19-35-16-10-11-22-40(35)43/h1-32,48H,(H,50,51,52). The van der Waals surface area contributed by atoms with Gasteiger partial charge in [0, 0.05) is 48.1 Å². The molecule has 0 fully saturated rings. The third-order valence-electron chi connectivity index (χ3n) is 10.1. The lowest BCUT2D eigenvalue weighted by Gasteiger charge is -2.27. The van der Waals surface area contributed by atoms with Crippen molar-refractivity contribution in [2.75, 3.05) is 4.90 Å². The molecule has 1 aliphatic rings. The van der Waals surface area contributed by atoms with Gasteiger partial charge >= 0.3 is 0 Å². The normalized spacial score (nSPS) is 14.1. The summed E-state index contributed by atoms with van der Waals surface area (Å²) in [4.78, 5) is 12.9. The van der Waals surface area contributed by atoms with Gasteiger partial charge in [0.2, 0.25) is 0 Å². The number of benzene rings is 8. The number of para-hydroxylation sites is 1. The lowest BCUT2D eigenvalue weighted by atomic mass is 10.0. The average molecular weight is 711 g/mol. The molecule has 0 saturated heterocycles. The summed E-state index contributed by atoms with van der Waals surface area (Å²) >= 11 is 1.81. The highest BCUT2D eigenvalue weighted by Gasteiger charge is 2.24. The quantitative estimate of drug-likeness (QED) is 0.179. The Morgan fingerprint density at radius 1 is 0.500 bits per heavy atom. The molecule has 0 saturated carbocycles. The predicted molar refractivity (Wildman–Crippen MR) is 229 cm³/mol. The van der Waals surface area contributed by atoms with Crippen LogP contribution in [0.5, 0.6) is 0 Å². The number of rotatable bonds is 7. The molecular formula is C49H34N4S. The Hall–Kier alpha value is -6.82. The molecule has 0 bridgehead atoms. The molecule has 4 nitrogen and oxygen atoms in total. The zero-order chi connectivity index (χ0) is 35.8. The molecule has 0 spiro atoms. The molecule has 1 aliphatic heterocycles. The number of aliphatic imine (C=N–C) groups is 2. The molecule has 5 heteroatoms. The van der Waals surface area contributed by atoms with E-state index in [9.17, 15) is 0 Å². The van der Waals surface area contributed by atoms with Crippen LogP contribution in [0.25, 0.3) is 42.1 Å². The Kier molecular flexibility index (Phi) is 8.04. The molecule has 256 valence electrons. The summed E-state index contributed by atoms with van der Waals surface area (Å²) in [5.41, 5.74) is 8.88. The zero-order valence-corrected chi connectivity index (χ0v) is 30.1. The molecule has 8 aromatic carbocycles. The molecule has 54 heavy (non-hydrogen) atoms. The van der Waals surface area contributed by atoms with E-state index in [2.05, 4.69) is 192 Å². The monoisotopic (exact) mass is 710 g/mol. The van der Waals surface area contributed by atoms with Gasteiger partial charge in [-0.3, -0.25) is 0 Å². The average Bonchev–Trinajstić information content (AvgIpc) is 3.63. The van der Waals surface area contributed by atoms with E-state index in [1.807, 2.05) is 23.5 Å². The van der Waals surface area contributed by atoms with Gasteiger partial charge in [0.15, 0.2) is 5.84 Å². The van der Waals surface area contributed by atoms with E-state index in [0.29, 0.717) is 0 Å². The molecule has 1 aromatic heterocycles. The molecule has 0 aliphatic carbocycles. The van der Waals surface area contributed by atoms with Crippen molar-refractivity contribution in [3.63, 3.8) is 0 Å². The number of nitrogens with one attached hydrogen (secondary N) is 1. The Labute approximate surface area is 318 Å². The second-order valence-electron chi connectivity index (χ2n) is 13.4. The van der Waals surface area contributed by atoms with Crippen molar-refractivity contribution in [3.8, 4) is 11.1 Å². The van der Waals surface area contributed by atoms with E-state index >= 15 is 0 Å². The summed E-state index contributed by atoms with van der Waals surface area (Å²) in [6, 6.07) is 68.7. The molecule has 1 N–H and O–H groups in total. The Morgan fingerprint density at radius 3 is 1.96 bits per heavy atom. The first kappa shape index (κ1) is 31.9. The van der Waals surface area contributed by atoms with Crippen LogP contribution in [-0.4, -0.2) is 11.7 Å². The van der Waals surface area contributed by atoms with Gasteiger partial charge in [0.25, 0.3) is 0 Å². The van der Waals surface area contributed by atoms with Crippen molar-refractivity contribution in [1.82, 2.24) is 5.32 Å². The smallest absolute Gasteiger partial charge is 0.160 e. The van der Waals surface area contributed by atoms with Crippen LogP contribution in [-0.2, 0) is 0 Å². The van der Waals surface area contributed by atoms with E-state index in [1.165, 1.54) is 42.1 Å². The fourth-order valence-electron chi connectivity index (χ4n) is 7.52. The minimum atomic E-state index is -0.301. The van der Waals surface area contributed by atoms with Crippen LogP contribution in [0.4, 0.5) is 17.1 Å². The lowest BCUT2D eigenvalue weighted by Crippen LogP contribution is -2.33. The number of thiophene rings is 1. The van der Waals surface area contributed by atoms with Crippen molar-refractivity contribution in [2.24, 2.45) is 9.98 Å². The number of hydrogen-bond acceptors (Lipinski definition) is 5. The third kappa shape index (κ3) is 5.81. The summed E-state index contributed by atoms with van der Waals surface area (Å²) in [6.07, 6.45) is -0.301. The molecule has 9 aromatic rings. The minimum Gasteiger partial charge on any atom is -0.344 e. The van der Waals surface area contributed by atoms with E-state index in [4.69, 9.17) is 9.98 Å². The maximum atomic E-state index is 5.31. The largest absolute Gasteiger partial charge is 0.344 e. The van der Waals surface area contributed by atoms with Gasteiger partial charge in [-0.1, -0.05) is 158 Å². The molecule has 1 atom stereocenters. The summed E-state index contributed by atoms with van der Waals surface area (Å²) in [7, 11) is 0. The number of nitrogens with zero attached hydrogens (tertiary/aromatic N) is 3. The SMILES string of the molecule is c1ccc(C2=NC(c3cccc4sc5cc(N(c6ccccc6)c6cccc7ccccc67)ccc5c34)=NC(c3ccc(-c4ccccc4)cc3)N2)cc1. The fraction of sp³-hybridized carbons (Fsp3) is 0.0204. The molecular weight excluding hydrogens is 677 g/mol. The van der Waals surface area contributed by atoms with Crippen molar-refractivity contribution >= 4 is 71.0 Å². The summed E-state index contributed by atoms with van der Waals surface area (Å²) in [6.45, 7) is 0. The molecule has 0 amide bonds. The summed E-state index contributed by atoms with van der Waals surface area (Å²) in [5, 5.41) is 8.45. The summed E-state index contributed by atoms with van der Waals surface area (Å²) in [5.74, 6) is 1.53. The number of amidine groups is 2. The van der Waals surface area contributed by atoms with E-state index < -0.39 is 0 Å². The second kappa shape index (κ2) is 13.6. The highest BCUT2D eigenvalue weighted by molar-refractivity contribution is 7.26. The van der Waals surface area contributed by atoms with Gasteiger partial charge in [0.1, 0.15) is 12.0 Å². The van der Waals surface area contributed by atoms with Crippen LogP contribution >= 0.6 is 11.3 Å². The van der Waals surface area contributed by atoms with Crippen molar-refractivity contribution in [3.05, 3.63) is 211 Å². The van der Waals surface area contributed by atoms with Crippen molar-refractivity contribution in [1.29, 1.82) is 0 Å². The van der Waals surface area contributed by atoms with Crippen LogP contribution < -0.4 is 10.2 Å². The van der Waals surface area contributed by atoms with E-state index in [-0.39, 0.29) is 6.17 Å². The van der Waals surface area contributed by atoms with Gasteiger partial charge in [-0.25, -0.2) is 9.98 Å². The zero-order valence-electron chi connectivity index (χ0n) is 29.3. The highest BCUT2D eigenvalue weighted by atomic mass is 32.1. The first-order chi connectivity index (χ1) is 26.8. The topological polar surface area (TPSA) is 40.0 Å². The first-order valence-corrected chi connectivity index (χ1v) is 19.0. The van der Waals surface area contributed by atoms with Gasteiger partial charge < -0.3 is 10.2 Å². The second-order valence-corrected chi connectivity index (χ2v) is 14.5. The number of anilines is 3. The van der Waals surface area contributed by atoms with Gasteiger partial charge in [-0.2, -0.15) is 0 Å².